The van der Waals surface area contributed by atoms with Gasteiger partial charge in [0.15, 0.2) is 5.82 Å². The van der Waals surface area contributed by atoms with Crippen molar-refractivity contribution in [2.24, 2.45) is 0 Å². The quantitative estimate of drug-likeness (QED) is 0.749. The van der Waals surface area contributed by atoms with Crippen molar-refractivity contribution in [3.63, 3.8) is 0 Å². The monoisotopic (exact) mass is 388 g/mol. The second-order valence-electron chi connectivity index (χ2n) is 6.10. The number of carbonyl (C=O) groups is 1. The van der Waals surface area contributed by atoms with Gasteiger partial charge in [-0.2, -0.15) is 0 Å². The van der Waals surface area contributed by atoms with Gasteiger partial charge < -0.3 is 10.6 Å². The SMILES string of the molecule is O=C(Nc1ccc(NC2CCCCCC2)nn1)c1ccc(Br)cc1. The van der Waals surface area contributed by atoms with Crippen molar-refractivity contribution in [2.75, 3.05) is 10.6 Å². The van der Waals surface area contributed by atoms with Gasteiger partial charge >= 0.3 is 0 Å². The highest BCUT2D eigenvalue weighted by Crippen LogP contribution is 2.20. The zero-order valence-electron chi connectivity index (χ0n) is 13.5. The molecule has 0 aliphatic heterocycles. The molecule has 5 nitrogen and oxygen atoms in total. The number of aromatic nitrogens is 2. The van der Waals surface area contributed by atoms with Gasteiger partial charge in [-0.05, 0) is 49.2 Å². The van der Waals surface area contributed by atoms with Gasteiger partial charge in [-0.25, -0.2) is 0 Å². The lowest BCUT2D eigenvalue weighted by Crippen LogP contribution is -2.19. The Kier molecular flexibility index (Phi) is 5.80. The summed E-state index contributed by atoms with van der Waals surface area (Å²) in [5, 5.41) is 14.5. The number of nitrogens with zero attached hydrogens (tertiary/aromatic N) is 2. The normalized spacial score (nSPS) is 15.5. The molecular weight excluding hydrogens is 368 g/mol. The summed E-state index contributed by atoms with van der Waals surface area (Å²) >= 11 is 3.35. The van der Waals surface area contributed by atoms with E-state index in [9.17, 15) is 4.79 Å². The molecule has 1 aromatic heterocycles. The average Bonchev–Trinajstić information content (AvgIpc) is 2.86. The molecule has 2 N–H and O–H groups in total. The Balaban J connectivity index is 1.57. The highest BCUT2D eigenvalue weighted by atomic mass is 79.9. The van der Waals surface area contributed by atoms with Crippen molar-refractivity contribution in [3.8, 4) is 0 Å². The third-order valence-electron chi connectivity index (χ3n) is 4.22. The zero-order valence-corrected chi connectivity index (χ0v) is 15.1. The first-order chi connectivity index (χ1) is 11.7. The summed E-state index contributed by atoms with van der Waals surface area (Å²) in [5.41, 5.74) is 0.584. The molecule has 6 heteroatoms. The van der Waals surface area contributed by atoms with Gasteiger partial charge in [0, 0.05) is 16.1 Å². The van der Waals surface area contributed by atoms with E-state index in [1.54, 1.807) is 18.2 Å². The summed E-state index contributed by atoms with van der Waals surface area (Å²) in [5.74, 6) is 1.03. The van der Waals surface area contributed by atoms with Crippen LogP contribution in [0.15, 0.2) is 40.9 Å². The Hall–Kier alpha value is -1.95. The molecule has 1 saturated carbocycles. The minimum Gasteiger partial charge on any atom is -0.366 e. The van der Waals surface area contributed by atoms with Crippen LogP contribution in [0.3, 0.4) is 0 Å². The molecule has 1 fully saturated rings. The Bertz CT molecular complexity index is 664. The predicted molar refractivity (Wildman–Crippen MR) is 99.2 cm³/mol. The van der Waals surface area contributed by atoms with Crippen molar-refractivity contribution in [1.29, 1.82) is 0 Å². The van der Waals surface area contributed by atoms with Crippen LogP contribution < -0.4 is 10.6 Å². The van der Waals surface area contributed by atoms with E-state index in [4.69, 9.17) is 0 Å². The lowest BCUT2D eigenvalue weighted by Gasteiger charge is -2.16. The summed E-state index contributed by atoms with van der Waals surface area (Å²) in [7, 11) is 0. The van der Waals surface area contributed by atoms with Crippen LogP contribution in [-0.4, -0.2) is 22.1 Å². The molecule has 3 rings (SSSR count). The lowest BCUT2D eigenvalue weighted by atomic mass is 10.1. The van der Waals surface area contributed by atoms with E-state index < -0.39 is 0 Å². The average molecular weight is 389 g/mol. The third-order valence-corrected chi connectivity index (χ3v) is 4.75. The molecule has 1 aromatic carbocycles. The standard InChI is InChI=1S/C18H21BrN4O/c19-14-9-7-13(8-10-14)18(24)21-17-12-11-16(22-23-17)20-15-5-3-1-2-4-6-15/h7-12,15H,1-6H2,(H,20,22)(H,21,23,24). The van der Waals surface area contributed by atoms with Crippen LogP contribution in [-0.2, 0) is 0 Å². The minimum absolute atomic E-state index is 0.193. The Labute approximate surface area is 150 Å². The van der Waals surface area contributed by atoms with Gasteiger partial charge in [0.25, 0.3) is 5.91 Å². The molecule has 0 bridgehead atoms. The summed E-state index contributed by atoms with van der Waals surface area (Å²) in [6.07, 6.45) is 7.56. The van der Waals surface area contributed by atoms with E-state index in [2.05, 4.69) is 36.8 Å². The third kappa shape index (κ3) is 4.77. The van der Waals surface area contributed by atoms with Crippen LogP contribution in [0.5, 0.6) is 0 Å². The summed E-state index contributed by atoms with van der Waals surface area (Å²) in [6, 6.07) is 11.3. The maximum absolute atomic E-state index is 12.2. The molecular formula is C18H21BrN4O. The first kappa shape index (κ1) is 16.9. The van der Waals surface area contributed by atoms with Gasteiger partial charge in [-0.3, -0.25) is 4.79 Å². The summed E-state index contributed by atoms with van der Waals surface area (Å²) < 4.78 is 0.938. The van der Waals surface area contributed by atoms with Crippen LogP contribution in [0.2, 0.25) is 0 Å². The van der Waals surface area contributed by atoms with Crippen molar-refractivity contribution in [1.82, 2.24) is 10.2 Å². The summed E-state index contributed by atoms with van der Waals surface area (Å²) in [4.78, 5) is 12.2. The maximum Gasteiger partial charge on any atom is 0.256 e. The van der Waals surface area contributed by atoms with E-state index in [0.29, 0.717) is 17.4 Å². The highest BCUT2D eigenvalue weighted by molar-refractivity contribution is 9.10. The molecule has 0 spiro atoms. The van der Waals surface area contributed by atoms with E-state index in [1.165, 1.54) is 38.5 Å². The van der Waals surface area contributed by atoms with Crippen molar-refractivity contribution < 1.29 is 4.79 Å². The topological polar surface area (TPSA) is 66.9 Å². The molecule has 126 valence electrons. The fourth-order valence-corrected chi connectivity index (χ4v) is 3.16. The van der Waals surface area contributed by atoms with Crippen LogP contribution in [0.1, 0.15) is 48.9 Å². The molecule has 0 atom stereocenters. The van der Waals surface area contributed by atoms with E-state index in [-0.39, 0.29) is 5.91 Å². The fraction of sp³-hybridized carbons (Fsp3) is 0.389. The number of nitrogens with one attached hydrogen (secondary N) is 2. The number of amides is 1. The van der Waals surface area contributed by atoms with Crippen LogP contribution >= 0.6 is 15.9 Å². The molecule has 24 heavy (non-hydrogen) atoms. The number of rotatable bonds is 4. The minimum atomic E-state index is -0.193. The fourth-order valence-electron chi connectivity index (χ4n) is 2.90. The van der Waals surface area contributed by atoms with E-state index in [1.807, 2.05) is 18.2 Å². The summed E-state index contributed by atoms with van der Waals surface area (Å²) in [6.45, 7) is 0. The smallest absolute Gasteiger partial charge is 0.256 e. The number of benzene rings is 1. The van der Waals surface area contributed by atoms with Crippen LogP contribution in [0.25, 0.3) is 0 Å². The zero-order chi connectivity index (χ0) is 16.8. The highest BCUT2D eigenvalue weighted by Gasteiger charge is 2.13. The maximum atomic E-state index is 12.2. The lowest BCUT2D eigenvalue weighted by molar-refractivity contribution is 0.102. The molecule has 0 saturated heterocycles. The first-order valence-corrected chi connectivity index (χ1v) is 9.17. The van der Waals surface area contributed by atoms with Gasteiger partial charge in [0.05, 0.1) is 0 Å². The first-order valence-electron chi connectivity index (χ1n) is 8.38. The number of hydrogen-bond acceptors (Lipinski definition) is 4. The molecule has 1 aliphatic rings. The number of halogens is 1. The van der Waals surface area contributed by atoms with E-state index >= 15 is 0 Å². The Morgan fingerprint density at radius 2 is 1.54 bits per heavy atom. The van der Waals surface area contributed by atoms with Crippen molar-refractivity contribution in [2.45, 2.75) is 44.6 Å². The molecule has 2 aromatic rings. The second kappa shape index (κ2) is 8.24. The largest absolute Gasteiger partial charge is 0.366 e. The van der Waals surface area contributed by atoms with Gasteiger partial charge in [0.2, 0.25) is 0 Å². The predicted octanol–water partition coefficient (Wildman–Crippen LogP) is 4.63. The van der Waals surface area contributed by atoms with Gasteiger partial charge in [-0.15, -0.1) is 10.2 Å². The van der Waals surface area contributed by atoms with E-state index in [0.717, 1.165) is 10.3 Å². The van der Waals surface area contributed by atoms with Crippen LogP contribution in [0.4, 0.5) is 11.6 Å². The van der Waals surface area contributed by atoms with Gasteiger partial charge in [0.1, 0.15) is 5.82 Å². The molecule has 1 amide bonds. The molecule has 0 radical (unpaired) electrons. The number of anilines is 2. The molecule has 1 aliphatic carbocycles. The Morgan fingerprint density at radius 1 is 0.917 bits per heavy atom. The Morgan fingerprint density at radius 3 is 2.17 bits per heavy atom. The number of hydrogen-bond donors (Lipinski definition) is 2. The molecule has 1 heterocycles. The molecule has 0 unspecified atom stereocenters. The second-order valence-corrected chi connectivity index (χ2v) is 7.01. The van der Waals surface area contributed by atoms with Crippen molar-refractivity contribution in [3.05, 3.63) is 46.4 Å². The van der Waals surface area contributed by atoms with Gasteiger partial charge in [-0.1, -0.05) is 41.6 Å². The van der Waals surface area contributed by atoms with Crippen LogP contribution in [0, 0.1) is 0 Å². The number of carbonyl (C=O) groups excluding carboxylic acids is 1. The van der Waals surface area contributed by atoms with Crippen molar-refractivity contribution >= 4 is 33.5 Å².